The summed E-state index contributed by atoms with van der Waals surface area (Å²) in [6, 6.07) is 31.1. The molecule has 0 aliphatic carbocycles. The summed E-state index contributed by atoms with van der Waals surface area (Å²) in [5, 5.41) is 17.4. The zero-order valence-electron chi connectivity index (χ0n) is 21.8. The van der Waals surface area contributed by atoms with Gasteiger partial charge in [-0.3, -0.25) is 4.98 Å². The molecule has 9 rings (SSSR count). The van der Waals surface area contributed by atoms with E-state index in [1.807, 2.05) is 97.1 Å². The van der Waals surface area contributed by atoms with Gasteiger partial charge in [-0.25, -0.2) is 14.7 Å². The number of H-pyrrole nitrogens is 2. The van der Waals surface area contributed by atoms with Crippen molar-refractivity contribution in [1.29, 1.82) is 0 Å². The van der Waals surface area contributed by atoms with E-state index in [9.17, 15) is 5.21 Å². The Hall–Kier alpha value is -5.25. The molecule has 2 aliphatic rings. The van der Waals surface area contributed by atoms with Crippen LogP contribution in [0.15, 0.2) is 97.1 Å². The maximum absolute atomic E-state index is 14.1. The van der Waals surface area contributed by atoms with Crippen LogP contribution in [0.5, 0.6) is 0 Å². The molecule has 0 unspecified atom stereocenters. The molecular formula is C32H18N8OTi+2. The second kappa shape index (κ2) is 9.14. The van der Waals surface area contributed by atoms with Gasteiger partial charge in [0.25, 0.3) is 5.82 Å². The van der Waals surface area contributed by atoms with Crippen LogP contribution in [0.1, 0.15) is 0 Å². The first-order valence-corrected chi connectivity index (χ1v) is 13.2. The summed E-state index contributed by atoms with van der Waals surface area (Å²) in [5.41, 5.74) is 5.34. The molecule has 0 saturated heterocycles. The Labute approximate surface area is 252 Å². The summed E-state index contributed by atoms with van der Waals surface area (Å²) in [7, 11) is 0. The smallest absolute Gasteiger partial charge is 0.740 e. The van der Waals surface area contributed by atoms with E-state index in [0.717, 1.165) is 43.0 Å². The molecule has 0 atom stereocenters. The minimum atomic E-state index is 0. The zero-order chi connectivity index (χ0) is 27.1. The third-order valence-electron chi connectivity index (χ3n) is 7.64. The quantitative estimate of drug-likeness (QED) is 0.127. The molecule has 42 heavy (non-hydrogen) atoms. The van der Waals surface area contributed by atoms with Crippen LogP contribution in [0.4, 0.5) is 0 Å². The van der Waals surface area contributed by atoms with Gasteiger partial charge >= 0.3 is 21.7 Å². The van der Waals surface area contributed by atoms with Crippen LogP contribution < -0.4 is 4.73 Å². The van der Waals surface area contributed by atoms with Crippen molar-refractivity contribution in [2.24, 2.45) is 0 Å². The van der Waals surface area contributed by atoms with Crippen molar-refractivity contribution in [2.75, 3.05) is 0 Å². The van der Waals surface area contributed by atoms with Crippen molar-refractivity contribution in [3.8, 4) is 45.6 Å². The topological polar surface area (TPSA) is 123 Å². The molecule has 0 spiro atoms. The summed E-state index contributed by atoms with van der Waals surface area (Å²) < 4.78 is 0.837. The maximum Gasteiger partial charge on any atom is 2.00 e. The molecule has 0 radical (unpaired) electrons. The number of nitrogens with one attached hydrogen (secondary N) is 2. The van der Waals surface area contributed by atoms with Crippen molar-refractivity contribution in [3.05, 3.63) is 102 Å². The van der Waals surface area contributed by atoms with Gasteiger partial charge < -0.3 is 10.2 Å². The van der Waals surface area contributed by atoms with Gasteiger partial charge in [-0.05, 0) is 24.3 Å². The van der Waals surface area contributed by atoms with Crippen molar-refractivity contribution in [1.82, 2.24) is 34.9 Å². The van der Waals surface area contributed by atoms with Crippen LogP contribution in [0.3, 0.4) is 0 Å². The average Bonchev–Trinajstić information content (AvgIpc) is 3.76. The first-order chi connectivity index (χ1) is 20.2. The fourth-order valence-electron chi connectivity index (χ4n) is 5.73. The van der Waals surface area contributed by atoms with Gasteiger partial charge in [0.15, 0.2) is 17.3 Å². The molecule has 0 fully saturated rings. The monoisotopic (exact) mass is 578 g/mol. The molecule has 7 aromatic rings. The molecule has 3 aromatic heterocycles. The van der Waals surface area contributed by atoms with Crippen molar-refractivity contribution in [3.63, 3.8) is 0 Å². The molecule has 9 nitrogen and oxygen atoms in total. The Balaban J connectivity index is 0.00000267. The number of hydrogen-bond donors (Lipinski definition) is 2. The Morgan fingerprint density at radius 2 is 0.857 bits per heavy atom. The van der Waals surface area contributed by atoms with Crippen LogP contribution in [0, 0.1) is 5.21 Å². The second-order valence-corrected chi connectivity index (χ2v) is 9.97. The molecule has 5 heterocycles. The normalized spacial score (nSPS) is 11.7. The summed E-state index contributed by atoms with van der Waals surface area (Å²) >= 11 is 0. The zero-order valence-corrected chi connectivity index (χ0v) is 23.4. The van der Waals surface area contributed by atoms with E-state index in [1.54, 1.807) is 0 Å². The summed E-state index contributed by atoms with van der Waals surface area (Å²) in [4.78, 5) is 31.2. The van der Waals surface area contributed by atoms with E-state index < -0.39 is 0 Å². The third kappa shape index (κ3) is 3.47. The average molecular weight is 578 g/mol. The van der Waals surface area contributed by atoms with Gasteiger partial charge in [-0.1, -0.05) is 77.8 Å². The number of benzene rings is 4. The van der Waals surface area contributed by atoms with Gasteiger partial charge in [0.2, 0.25) is 11.5 Å². The van der Waals surface area contributed by atoms with Gasteiger partial charge in [-0.15, -0.1) is 0 Å². The number of aromatic amines is 2. The number of fused-ring (bicyclic) bond motifs is 20. The number of aromatic nitrogens is 8. The maximum atomic E-state index is 14.1. The van der Waals surface area contributed by atoms with E-state index in [1.165, 1.54) is 0 Å². The third-order valence-corrected chi connectivity index (χ3v) is 7.64. The summed E-state index contributed by atoms with van der Waals surface area (Å²) in [6.45, 7) is 0. The molecule has 0 saturated carbocycles. The molecule has 0 amide bonds. The van der Waals surface area contributed by atoms with Crippen LogP contribution in [0.25, 0.3) is 89.7 Å². The van der Waals surface area contributed by atoms with Gasteiger partial charge in [0.1, 0.15) is 11.3 Å². The van der Waals surface area contributed by atoms with E-state index in [4.69, 9.17) is 24.9 Å². The molecule has 8 bridgehead atoms. The second-order valence-electron chi connectivity index (χ2n) is 9.97. The number of rotatable bonds is 0. The summed E-state index contributed by atoms with van der Waals surface area (Å²) in [5.74, 6) is 1.76. The van der Waals surface area contributed by atoms with Gasteiger partial charge in [0.05, 0.1) is 16.5 Å². The minimum absolute atomic E-state index is 0. The van der Waals surface area contributed by atoms with Crippen molar-refractivity contribution >= 4 is 44.1 Å². The Kier molecular flexibility index (Phi) is 5.34. The van der Waals surface area contributed by atoms with Crippen LogP contribution in [0.2, 0.25) is 0 Å². The Bertz CT molecular complexity index is 2410. The first kappa shape index (κ1) is 24.5. The summed E-state index contributed by atoms with van der Waals surface area (Å²) in [6.07, 6.45) is 0. The fourth-order valence-corrected chi connectivity index (χ4v) is 5.73. The predicted molar refractivity (Wildman–Crippen MR) is 157 cm³/mol. The molecular weight excluding hydrogens is 560 g/mol. The van der Waals surface area contributed by atoms with Crippen LogP contribution >= 0.6 is 0 Å². The van der Waals surface area contributed by atoms with Crippen molar-refractivity contribution in [2.45, 2.75) is 0 Å². The van der Waals surface area contributed by atoms with Crippen LogP contribution in [-0.2, 0) is 21.7 Å². The Morgan fingerprint density at radius 1 is 0.452 bits per heavy atom. The SMILES string of the molecule is [O-][n+]1c2nc(nc3[nH]c(nc4nc(nc5[nH]c1c1ccccc51)-c1ccccc1-4)c1ccccc31)-c1ccccc1-2.[Ti+2]. The number of nitrogens with zero attached hydrogens (tertiary/aromatic N) is 6. The molecule has 2 aliphatic heterocycles. The molecule has 2 N–H and O–H groups in total. The minimum Gasteiger partial charge on any atom is -0.740 e. The number of hydrogen-bond acceptors (Lipinski definition) is 6. The Morgan fingerprint density at radius 3 is 1.43 bits per heavy atom. The van der Waals surface area contributed by atoms with E-state index in [2.05, 4.69) is 9.97 Å². The van der Waals surface area contributed by atoms with E-state index in [0.29, 0.717) is 45.6 Å². The van der Waals surface area contributed by atoms with E-state index >= 15 is 0 Å². The molecule has 10 heteroatoms. The standard InChI is InChI=1S/C32H18N8O.Ti/c41-40-31-23-15-7-5-13-21(23)29(38-31)36-27-19-11-3-1-9-17(19)25(34-27)33-26-18-10-2-4-12-20(18)28(35-26)37-30-22-14-6-8-16-24(22)32(40)39-30;/h1-16H,(H2,33,34,35,36,37,38,39);/q;+2. The van der Waals surface area contributed by atoms with Crippen LogP contribution in [-0.4, -0.2) is 34.9 Å². The van der Waals surface area contributed by atoms with E-state index in [-0.39, 0.29) is 27.5 Å². The van der Waals surface area contributed by atoms with Gasteiger partial charge in [-0.2, -0.15) is 9.97 Å². The largest absolute Gasteiger partial charge is 2.00 e. The van der Waals surface area contributed by atoms with Gasteiger partial charge in [0, 0.05) is 27.3 Å². The van der Waals surface area contributed by atoms with Crippen molar-refractivity contribution < 1.29 is 26.4 Å². The molecule has 4 aromatic carbocycles. The molecule has 194 valence electrons. The predicted octanol–water partition coefficient (Wildman–Crippen LogP) is 6.11. The fraction of sp³-hybridized carbons (Fsp3) is 0. The first-order valence-electron chi connectivity index (χ1n) is 13.2.